The smallest absolute Gasteiger partial charge is 0.295 e. The summed E-state index contributed by atoms with van der Waals surface area (Å²) in [4.78, 5) is 30.4. The third-order valence-corrected chi connectivity index (χ3v) is 5.51. The number of aryl methyl sites for hydroxylation is 1. The number of carbonyl (C=O) groups excluding carboxylic acids is 2. The van der Waals surface area contributed by atoms with E-state index in [1.54, 1.807) is 17.9 Å². The Balaban J connectivity index is 1.48. The molecule has 0 unspecified atom stereocenters. The highest BCUT2D eigenvalue weighted by Gasteiger charge is 2.30. The highest BCUT2D eigenvalue weighted by Crippen LogP contribution is 2.30. The predicted molar refractivity (Wildman–Crippen MR) is 102 cm³/mol. The van der Waals surface area contributed by atoms with Gasteiger partial charge in [0.15, 0.2) is 11.6 Å². The molecule has 0 saturated carbocycles. The van der Waals surface area contributed by atoms with E-state index in [0.29, 0.717) is 37.2 Å². The molecule has 1 amide bonds. The molecule has 1 aliphatic heterocycles. The standard InChI is InChI=1S/C22H20F2N2O2/c1-13-20(16-4-2-3-5-19(16)25-13)21(27)22(28)26-10-8-14(9-11-26)15-6-7-17(23)18(24)12-15/h2-7,12,14,25H,8-11H2,1H3. The number of rotatable bonds is 3. The van der Waals surface area contributed by atoms with Gasteiger partial charge in [-0.2, -0.15) is 0 Å². The maximum Gasteiger partial charge on any atom is 0.295 e. The number of likely N-dealkylation sites (tertiary alicyclic amines) is 1. The Morgan fingerprint density at radius 2 is 1.75 bits per heavy atom. The van der Waals surface area contributed by atoms with Crippen molar-refractivity contribution < 1.29 is 18.4 Å². The maximum atomic E-state index is 13.5. The Hall–Kier alpha value is -3.02. The van der Waals surface area contributed by atoms with Crippen molar-refractivity contribution in [2.24, 2.45) is 0 Å². The van der Waals surface area contributed by atoms with Gasteiger partial charge in [-0.05, 0) is 49.4 Å². The summed E-state index contributed by atoms with van der Waals surface area (Å²) >= 11 is 0. The van der Waals surface area contributed by atoms with Gasteiger partial charge in [0.1, 0.15) is 0 Å². The van der Waals surface area contributed by atoms with Gasteiger partial charge in [-0.15, -0.1) is 0 Å². The van der Waals surface area contributed by atoms with Crippen LogP contribution in [0.3, 0.4) is 0 Å². The van der Waals surface area contributed by atoms with Crippen LogP contribution in [0.25, 0.3) is 10.9 Å². The Labute approximate surface area is 161 Å². The summed E-state index contributed by atoms with van der Waals surface area (Å²) in [5.74, 6) is -2.71. The van der Waals surface area contributed by atoms with Crippen molar-refractivity contribution in [2.75, 3.05) is 13.1 Å². The Morgan fingerprint density at radius 1 is 1.04 bits per heavy atom. The number of halogens is 2. The Kier molecular flexibility index (Phi) is 4.71. The van der Waals surface area contributed by atoms with E-state index in [0.717, 1.165) is 22.5 Å². The van der Waals surface area contributed by atoms with Crippen LogP contribution in [0.4, 0.5) is 8.78 Å². The second-order valence-electron chi connectivity index (χ2n) is 7.24. The SMILES string of the molecule is Cc1[nH]c2ccccc2c1C(=O)C(=O)N1CCC(c2ccc(F)c(F)c2)CC1. The van der Waals surface area contributed by atoms with Crippen LogP contribution in [0.1, 0.15) is 40.4 Å². The van der Waals surface area contributed by atoms with Gasteiger partial charge in [0.25, 0.3) is 11.7 Å². The number of carbonyl (C=O) groups is 2. The number of Topliss-reactive ketones (excluding diaryl/α,β-unsaturated/α-hetero) is 1. The van der Waals surface area contributed by atoms with E-state index in [4.69, 9.17) is 0 Å². The molecule has 28 heavy (non-hydrogen) atoms. The first-order chi connectivity index (χ1) is 13.5. The van der Waals surface area contributed by atoms with Crippen molar-refractivity contribution in [1.82, 2.24) is 9.88 Å². The van der Waals surface area contributed by atoms with Gasteiger partial charge in [0.05, 0.1) is 5.56 Å². The average Bonchev–Trinajstić information content (AvgIpc) is 3.04. The number of nitrogens with zero attached hydrogens (tertiary/aromatic N) is 1. The summed E-state index contributed by atoms with van der Waals surface area (Å²) in [6.07, 6.45) is 1.22. The summed E-state index contributed by atoms with van der Waals surface area (Å²) in [6.45, 7) is 2.61. The van der Waals surface area contributed by atoms with Crippen molar-refractivity contribution in [3.8, 4) is 0 Å². The Morgan fingerprint density at radius 3 is 2.46 bits per heavy atom. The van der Waals surface area contributed by atoms with Crippen LogP contribution in [0.2, 0.25) is 0 Å². The fourth-order valence-corrected chi connectivity index (χ4v) is 4.00. The van der Waals surface area contributed by atoms with E-state index in [1.165, 1.54) is 6.07 Å². The van der Waals surface area contributed by atoms with E-state index in [2.05, 4.69) is 4.98 Å². The van der Waals surface area contributed by atoms with Gasteiger partial charge < -0.3 is 9.88 Å². The van der Waals surface area contributed by atoms with Crippen molar-refractivity contribution in [2.45, 2.75) is 25.7 Å². The molecular formula is C22H20F2N2O2. The number of amides is 1. The topological polar surface area (TPSA) is 53.2 Å². The summed E-state index contributed by atoms with van der Waals surface area (Å²) in [6, 6.07) is 11.3. The van der Waals surface area contributed by atoms with Gasteiger partial charge in [-0.3, -0.25) is 9.59 Å². The molecule has 1 aromatic heterocycles. The quantitative estimate of drug-likeness (QED) is 0.541. The van der Waals surface area contributed by atoms with Crippen molar-refractivity contribution >= 4 is 22.6 Å². The second kappa shape index (κ2) is 7.19. The molecule has 144 valence electrons. The van der Waals surface area contributed by atoms with Crippen LogP contribution < -0.4 is 0 Å². The average molecular weight is 382 g/mol. The maximum absolute atomic E-state index is 13.5. The number of piperidine rings is 1. The molecule has 3 aromatic rings. The lowest BCUT2D eigenvalue weighted by atomic mass is 9.89. The molecule has 0 bridgehead atoms. The minimum absolute atomic E-state index is 0.0454. The van der Waals surface area contributed by atoms with Crippen molar-refractivity contribution in [3.63, 3.8) is 0 Å². The number of benzene rings is 2. The molecule has 0 spiro atoms. The number of aromatic nitrogens is 1. The number of fused-ring (bicyclic) bond motifs is 1. The van der Waals surface area contributed by atoms with Crippen LogP contribution in [-0.2, 0) is 4.79 Å². The number of hydrogen-bond acceptors (Lipinski definition) is 2. The van der Waals surface area contributed by atoms with Crippen LogP contribution in [0, 0.1) is 18.6 Å². The minimum Gasteiger partial charge on any atom is -0.358 e. The number of nitrogens with one attached hydrogen (secondary N) is 1. The second-order valence-corrected chi connectivity index (χ2v) is 7.24. The number of para-hydroxylation sites is 1. The molecule has 2 heterocycles. The molecule has 0 atom stereocenters. The number of H-pyrrole nitrogens is 1. The van der Waals surface area contributed by atoms with E-state index in [1.807, 2.05) is 24.3 Å². The van der Waals surface area contributed by atoms with Crippen LogP contribution in [-0.4, -0.2) is 34.7 Å². The summed E-state index contributed by atoms with van der Waals surface area (Å²) in [5.41, 5.74) is 2.65. The van der Waals surface area contributed by atoms with E-state index in [9.17, 15) is 18.4 Å². The molecule has 2 aromatic carbocycles. The van der Waals surface area contributed by atoms with Crippen LogP contribution >= 0.6 is 0 Å². The highest BCUT2D eigenvalue weighted by atomic mass is 19.2. The molecule has 0 aliphatic carbocycles. The number of aromatic amines is 1. The van der Waals surface area contributed by atoms with Gasteiger partial charge in [0.2, 0.25) is 0 Å². The fourth-order valence-electron chi connectivity index (χ4n) is 4.00. The zero-order chi connectivity index (χ0) is 19.8. The summed E-state index contributed by atoms with van der Waals surface area (Å²) in [7, 11) is 0. The lowest BCUT2D eigenvalue weighted by Gasteiger charge is -2.31. The largest absolute Gasteiger partial charge is 0.358 e. The normalized spacial score (nSPS) is 15.2. The van der Waals surface area contributed by atoms with Crippen molar-refractivity contribution in [1.29, 1.82) is 0 Å². The summed E-state index contributed by atoms with van der Waals surface area (Å²) in [5, 5.41) is 0.745. The number of ketones is 1. The predicted octanol–water partition coefficient (Wildman–Crippen LogP) is 4.34. The molecule has 4 rings (SSSR count). The molecule has 1 saturated heterocycles. The third-order valence-electron chi connectivity index (χ3n) is 5.51. The first kappa shape index (κ1) is 18.3. The molecule has 1 N–H and O–H groups in total. The number of hydrogen-bond donors (Lipinski definition) is 1. The van der Waals surface area contributed by atoms with E-state index < -0.39 is 23.3 Å². The minimum atomic E-state index is -0.865. The zero-order valence-corrected chi connectivity index (χ0v) is 15.5. The van der Waals surface area contributed by atoms with Gasteiger partial charge >= 0.3 is 0 Å². The first-order valence-electron chi connectivity index (χ1n) is 9.31. The fraction of sp³-hybridized carbons (Fsp3) is 0.273. The van der Waals surface area contributed by atoms with Crippen molar-refractivity contribution in [3.05, 3.63) is 70.9 Å². The molecular weight excluding hydrogens is 362 g/mol. The molecule has 1 fully saturated rings. The van der Waals surface area contributed by atoms with Gasteiger partial charge in [0, 0.05) is 29.7 Å². The highest BCUT2D eigenvalue weighted by molar-refractivity contribution is 6.45. The first-order valence-corrected chi connectivity index (χ1v) is 9.31. The third kappa shape index (κ3) is 3.19. The van der Waals surface area contributed by atoms with E-state index in [-0.39, 0.29) is 5.92 Å². The molecule has 1 aliphatic rings. The zero-order valence-electron chi connectivity index (χ0n) is 15.5. The van der Waals surface area contributed by atoms with Crippen LogP contribution in [0.15, 0.2) is 42.5 Å². The van der Waals surface area contributed by atoms with Gasteiger partial charge in [-0.25, -0.2) is 8.78 Å². The van der Waals surface area contributed by atoms with Gasteiger partial charge in [-0.1, -0.05) is 24.3 Å². The van der Waals surface area contributed by atoms with E-state index >= 15 is 0 Å². The summed E-state index contributed by atoms with van der Waals surface area (Å²) < 4.78 is 26.6. The lowest BCUT2D eigenvalue weighted by Crippen LogP contribution is -2.41. The lowest BCUT2D eigenvalue weighted by molar-refractivity contribution is -0.127. The monoisotopic (exact) mass is 382 g/mol. The van der Waals surface area contributed by atoms with Crippen LogP contribution in [0.5, 0.6) is 0 Å². The molecule has 4 nitrogen and oxygen atoms in total. The molecule has 0 radical (unpaired) electrons. The molecule has 6 heteroatoms. The Bertz CT molecular complexity index is 1070.